The summed E-state index contributed by atoms with van der Waals surface area (Å²) in [6.07, 6.45) is 0.0770. The summed E-state index contributed by atoms with van der Waals surface area (Å²) in [5, 5.41) is 19.3. The summed E-state index contributed by atoms with van der Waals surface area (Å²) < 4.78 is 0. The molecular formula is C10H15N3O2. The smallest absolute Gasteiger partial charge is 0.305 e. The molecule has 0 spiro atoms. The second kappa shape index (κ2) is 5.29. The van der Waals surface area contributed by atoms with Crippen LogP contribution in [0.2, 0.25) is 0 Å². The Morgan fingerprint density at radius 3 is 2.67 bits per heavy atom. The molecule has 1 aromatic heterocycles. The van der Waals surface area contributed by atoms with Gasteiger partial charge in [-0.15, -0.1) is 5.10 Å². The van der Waals surface area contributed by atoms with Crippen LogP contribution in [0.4, 0.5) is 5.82 Å². The van der Waals surface area contributed by atoms with E-state index in [0.717, 1.165) is 5.69 Å². The Morgan fingerprint density at radius 1 is 1.47 bits per heavy atom. The summed E-state index contributed by atoms with van der Waals surface area (Å²) in [5.74, 6) is 0.139. The number of carboxylic acid groups (broad SMARTS) is 1. The first kappa shape index (κ1) is 11.4. The van der Waals surface area contributed by atoms with Crippen molar-refractivity contribution in [2.45, 2.75) is 26.2 Å². The zero-order chi connectivity index (χ0) is 11.3. The van der Waals surface area contributed by atoms with Gasteiger partial charge in [0.2, 0.25) is 0 Å². The molecule has 82 valence electrons. The minimum atomic E-state index is -0.825. The average Bonchev–Trinajstić information content (AvgIpc) is 2.18. The fraction of sp³-hybridized carbons (Fsp3) is 0.500. The number of carboxylic acids is 1. The molecule has 5 nitrogen and oxygen atoms in total. The van der Waals surface area contributed by atoms with Gasteiger partial charge in [0.25, 0.3) is 0 Å². The first-order valence-electron chi connectivity index (χ1n) is 4.89. The fourth-order valence-corrected chi connectivity index (χ4v) is 1.04. The maximum Gasteiger partial charge on any atom is 0.305 e. The lowest BCUT2D eigenvalue weighted by Crippen LogP contribution is -2.09. The molecule has 1 rings (SSSR count). The second-order valence-corrected chi connectivity index (χ2v) is 3.57. The lowest BCUT2D eigenvalue weighted by molar-refractivity contribution is -0.136. The number of rotatable bonds is 5. The van der Waals surface area contributed by atoms with Crippen molar-refractivity contribution >= 4 is 11.8 Å². The molecule has 0 unspecified atom stereocenters. The largest absolute Gasteiger partial charge is 0.481 e. The third kappa shape index (κ3) is 3.93. The van der Waals surface area contributed by atoms with E-state index in [2.05, 4.69) is 15.5 Å². The minimum absolute atomic E-state index is 0.0770. The maximum atomic E-state index is 10.3. The lowest BCUT2D eigenvalue weighted by atomic mass is 10.1. The predicted octanol–water partition coefficient (Wildman–Crippen LogP) is 1.49. The van der Waals surface area contributed by atoms with Crippen molar-refractivity contribution in [3.63, 3.8) is 0 Å². The second-order valence-electron chi connectivity index (χ2n) is 3.57. The lowest BCUT2D eigenvalue weighted by Gasteiger charge is -2.05. The Balaban J connectivity index is 2.46. The van der Waals surface area contributed by atoms with Gasteiger partial charge in [-0.25, -0.2) is 0 Å². The van der Waals surface area contributed by atoms with Crippen LogP contribution in [-0.2, 0) is 4.79 Å². The van der Waals surface area contributed by atoms with Gasteiger partial charge in [-0.3, -0.25) is 4.79 Å². The highest BCUT2D eigenvalue weighted by Gasteiger charge is 2.02. The van der Waals surface area contributed by atoms with Crippen LogP contribution >= 0.6 is 0 Å². The van der Waals surface area contributed by atoms with Crippen LogP contribution in [0.3, 0.4) is 0 Å². The van der Waals surface area contributed by atoms with Gasteiger partial charge in [0, 0.05) is 6.54 Å². The molecule has 0 amide bonds. The van der Waals surface area contributed by atoms with Crippen molar-refractivity contribution in [1.29, 1.82) is 0 Å². The summed E-state index contributed by atoms with van der Waals surface area (Å²) in [7, 11) is 0. The molecular weight excluding hydrogens is 194 g/mol. The number of carbonyl (C=O) groups is 1. The topological polar surface area (TPSA) is 75.1 Å². The van der Waals surface area contributed by atoms with Crippen LogP contribution in [0.25, 0.3) is 0 Å². The van der Waals surface area contributed by atoms with Gasteiger partial charge in [-0.1, -0.05) is 13.8 Å². The van der Waals surface area contributed by atoms with Gasteiger partial charge in [-0.05, 0) is 18.1 Å². The highest BCUT2D eigenvalue weighted by Crippen LogP contribution is 2.11. The normalized spacial score (nSPS) is 10.3. The highest BCUT2D eigenvalue weighted by atomic mass is 16.4. The van der Waals surface area contributed by atoms with Gasteiger partial charge in [-0.2, -0.15) is 5.10 Å². The van der Waals surface area contributed by atoms with Crippen LogP contribution in [0, 0.1) is 0 Å². The van der Waals surface area contributed by atoms with E-state index < -0.39 is 5.97 Å². The zero-order valence-electron chi connectivity index (χ0n) is 8.90. The van der Waals surface area contributed by atoms with E-state index >= 15 is 0 Å². The Kier molecular flexibility index (Phi) is 4.03. The summed E-state index contributed by atoms with van der Waals surface area (Å²) in [4.78, 5) is 10.3. The first-order valence-corrected chi connectivity index (χ1v) is 4.89. The number of aromatic nitrogens is 2. The molecule has 2 N–H and O–H groups in total. The van der Waals surface area contributed by atoms with Crippen LogP contribution in [0.15, 0.2) is 12.1 Å². The molecule has 5 heteroatoms. The van der Waals surface area contributed by atoms with Gasteiger partial charge < -0.3 is 10.4 Å². The number of hydrogen-bond donors (Lipinski definition) is 2. The number of anilines is 1. The van der Waals surface area contributed by atoms with E-state index in [1.54, 1.807) is 0 Å². The summed E-state index contributed by atoms with van der Waals surface area (Å²) >= 11 is 0. The molecule has 0 aliphatic heterocycles. The minimum Gasteiger partial charge on any atom is -0.481 e. The Hall–Kier alpha value is -1.65. The molecule has 1 aromatic rings. The van der Waals surface area contributed by atoms with Crippen molar-refractivity contribution in [2.24, 2.45) is 0 Å². The molecule has 0 aliphatic carbocycles. The van der Waals surface area contributed by atoms with Crippen LogP contribution in [0.1, 0.15) is 31.9 Å². The zero-order valence-corrected chi connectivity index (χ0v) is 8.90. The van der Waals surface area contributed by atoms with Crippen molar-refractivity contribution in [1.82, 2.24) is 10.2 Å². The van der Waals surface area contributed by atoms with E-state index in [9.17, 15) is 4.79 Å². The van der Waals surface area contributed by atoms with E-state index in [-0.39, 0.29) is 6.42 Å². The van der Waals surface area contributed by atoms with E-state index in [1.807, 2.05) is 26.0 Å². The third-order valence-electron chi connectivity index (χ3n) is 1.92. The molecule has 0 saturated heterocycles. The number of nitrogens with one attached hydrogen (secondary N) is 1. The molecule has 0 atom stereocenters. The molecule has 15 heavy (non-hydrogen) atoms. The predicted molar refractivity (Wildman–Crippen MR) is 56.9 cm³/mol. The monoisotopic (exact) mass is 209 g/mol. The maximum absolute atomic E-state index is 10.3. The van der Waals surface area contributed by atoms with Crippen LogP contribution < -0.4 is 5.32 Å². The molecule has 0 bridgehead atoms. The van der Waals surface area contributed by atoms with Crippen molar-refractivity contribution in [3.8, 4) is 0 Å². The van der Waals surface area contributed by atoms with Crippen LogP contribution in [-0.4, -0.2) is 27.8 Å². The van der Waals surface area contributed by atoms with Gasteiger partial charge in [0.15, 0.2) is 0 Å². The highest BCUT2D eigenvalue weighted by molar-refractivity contribution is 5.67. The third-order valence-corrected chi connectivity index (χ3v) is 1.92. The van der Waals surface area contributed by atoms with E-state index in [4.69, 9.17) is 5.11 Å². The van der Waals surface area contributed by atoms with Crippen molar-refractivity contribution in [2.75, 3.05) is 11.9 Å². The molecule has 0 aromatic carbocycles. The number of nitrogens with zero attached hydrogens (tertiary/aromatic N) is 2. The molecule has 0 aliphatic rings. The Labute approximate surface area is 88.5 Å². The standard InChI is InChI=1S/C10H15N3O2/c1-7(2)8-3-4-9(13-12-8)11-6-5-10(14)15/h3-4,7H,5-6H2,1-2H3,(H,11,13)(H,14,15). The fourth-order valence-electron chi connectivity index (χ4n) is 1.04. The van der Waals surface area contributed by atoms with Gasteiger partial charge >= 0.3 is 5.97 Å². The molecule has 0 radical (unpaired) electrons. The summed E-state index contributed by atoms with van der Waals surface area (Å²) in [5.41, 5.74) is 0.929. The number of hydrogen-bond acceptors (Lipinski definition) is 4. The Morgan fingerprint density at radius 2 is 2.20 bits per heavy atom. The van der Waals surface area contributed by atoms with Crippen molar-refractivity contribution < 1.29 is 9.90 Å². The molecule has 0 fully saturated rings. The van der Waals surface area contributed by atoms with Gasteiger partial charge in [0.1, 0.15) is 5.82 Å². The molecule has 0 saturated carbocycles. The summed E-state index contributed by atoms with van der Waals surface area (Å²) in [6, 6.07) is 3.70. The van der Waals surface area contributed by atoms with E-state index in [0.29, 0.717) is 18.3 Å². The first-order chi connectivity index (χ1) is 7.09. The van der Waals surface area contributed by atoms with Gasteiger partial charge in [0.05, 0.1) is 12.1 Å². The van der Waals surface area contributed by atoms with Crippen LogP contribution in [0.5, 0.6) is 0 Å². The number of aliphatic carboxylic acids is 1. The Bertz CT molecular complexity index is 322. The van der Waals surface area contributed by atoms with Crippen molar-refractivity contribution in [3.05, 3.63) is 17.8 Å². The summed E-state index contributed by atoms with van der Waals surface area (Å²) in [6.45, 7) is 4.45. The quantitative estimate of drug-likeness (QED) is 0.768. The SMILES string of the molecule is CC(C)c1ccc(NCCC(=O)O)nn1. The molecule has 1 heterocycles. The average molecular weight is 209 g/mol. The van der Waals surface area contributed by atoms with E-state index in [1.165, 1.54) is 0 Å².